The van der Waals surface area contributed by atoms with Crippen molar-refractivity contribution < 1.29 is 14.4 Å². The Labute approximate surface area is 246 Å². The Kier molecular flexibility index (Phi) is 11.0. The number of nitrogens with two attached hydrogens (primary N) is 3. The van der Waals surface area contributed by atoms with E-state index in [4.69, 9.17) is 17.2 Å². The van der Waals surface area contributed by atoms with Crippen LogP contribution in [0, 0.1) is 6.92 Å². The van der Waals surface area contributed by atoms with Crippen LogP contribution in [0.15, 0.2) is 60.8 Å². The molecule has 11 nitrogen and oxygen atoms in total. The summed E-state index contributed by atoms with van der Waals surface area (Å²) >= 11 is 0. The molecule has 2 aromatic carbocycles. The Morgan fingerprint density at radius 3 is 2.50 bits per heavy atom. The summed E-state index contributed by atoms with van der Waals surface area (Å²) in [4.78, 5) is 48.5. The second-order valence-corrected chi connectivity index (χ2v) is 10.8. The number of hydrogen-bond donors (Lipinski definition) is 5. The van der Waals surface area contributed by atoms with E-state index in [2.05, 4.69) is 20.5 Å². The molecule has 0 bridgehead atoms. The highest BCUT2D eigenvalue weighted by molar-refractivity contribution is 6.00. The molecule has 0 radical (unpaired) electrons. The van der Waals surface area contributed by atoms with Gasteiger partial charge in [0.05, 0.1) is 11.6 Å². The van der Waals surface area contributed by atoms with Crippen LogP contribution in [-0.2, 0) is 14.4 Å². The van der Waals surface area contributed by atoms with E-state index >= 15 is 0 Å². The number of likely N-dealkylation sites (tertiary alicyclic amines) is 1. The number of carbonyl (C=O) groups is 3. The Bertz CT molecular complexity index is 1360. The third-order valence-corrected chi connectivity index (χ3v) is 7.63. The standard InChI is InChI=1S/C31H42N8O3/c1-21-6-8-22(9-7-21)28(30(41)36-24-10-11-26-23(20-24)4-2-15-35-26)37-29(40)27-5-3-16-39(27)31(42)25(34)12-17-38(18-13-32)19-14-33/h2,4,6-11,15,20,25,27-28H,3,5,12-14,16-19,32-34H2,1H3,(H,36,41)(H,37,40). The molecule has 1 aliphatic rings. The smallest absolute Gasteiger partial charge is 0.251 e. The molecule has 1 fully saturated rings. The molecular weight excluding hydrogens is 532 g/mol. The lowest BCUT2D eigenvalue weighted by molar-refractivity contribution is -0.140. The number of anilines is 1. The first kappa shape index (κ1) is 31.0. The summed E-state index contributed by atoms with van der Waals surface area (Å²) in [6.07, 6.45) is 3.32. The highest BCUT2D eigenvalue weighted by atomic mass is 16.2. The number of aryl methyl sites for hydroxylation is 1. The van der Waals surface area contributed by atoms with E-state index in [1.807, 2.05) is 55.5 Å². The molecule has 11 heteroatoms. The van der Waals surface area contributed by atoms with Gasteiger partial charge in [0, 0.05) is 56.5 Å². The quantitative estimate of drug-likeness (QED) is 0.203. The van der Waals surface area contributed by atoms with Crippen LogP contribution in [-0.4, -0.2) is 83.9 Å². The van der Waals surface area contributed by atoms with Gasteiger partial charge in [0.25, 0.3) is 5.91 Å². The third-order valence-electron chi connectivity index (χ3n) is 7.63. The molecule has 224 valence electrons. The van der Waals surface area contributed by atoms with Crippen molar-refractivity contribution in [1.29, 1.82) is 0 Å². The summed E-state index contributed by atoms with van der Waals surface area (Å²) < 4.78 is 0. The monoisotopic (exact) mass is 574 g/mol. The fraction of sp³-hybridized carbons (Fsp3) is 0.419. The van der Waals surface area contributed by atoms with Crippen molar-refractivity contribution in [2.45, 2.75) is 44.3 Å². The molecule has 0 spiro atoms. The van der Waals surface area contributed by atoms with Gasteiger partial charge in [-0.2, -0.15) is 0 Å². The van der Waals surface area contributed by atoms with Crippen LogP contribution in [0.1, 0.15) is 36.4 Å². The maximum absolute atomic E-state index is 13.6. The minimum absolute atomic E-state index is 0.269. The maximum Gasteiger partial charge on any atom is 0.251 e. The van der Waals surface area contributed by atoms with Crippen molar-refractivity contribution in [3.63, 3.8) is 0 Å². The lowest BCUT2D eigenvalue weighted by Gasteiger charge is -2.29. The van der Waals surface area contributed by atoms with Crippen molar-refractivity contribution in [1.82, 2.24) is 20.1 Å². The van der Waals surface area contributed by atoms with E-state index < -0.39 is 18.1 Å². The molecule has 1 aliphatic heterocycles. The number of benzene rings is 2. The summed E-state index contributed by atoms with van der Waals surface area (Å²) in [6.45, 7) is 5.31. The number of pyridine rings is 1. The summed E-state index contributed by atoms with van der Waals surface area (Å²) in [7, 11) is 0. The van der Waals surface area contributed by atoms with Gasteiger partial charge in [0.2, 0.25) is 11.8 Å². The molecule has 3 unspecified atom stereocenters. The third kappa shape index (κ3) is 7.89. The molecule has 3 atom stereocenters. The van der Waals surface area contributed by atoms with Gasteiger partial charge in [-0.15, -0.1) is 0 Å². The number of carbonyl (C=O) groups excluding carboxylic acids is 3. The van der Waals surface area contributed by atoms with Crippen LogP contribution in [0.25, 0.3) is 10.9 Å². The average molecular weight is 575 g/mol. The van der Waals surface area contributed by atoms with Gasteiger partial charge >= 0.3 is 0 Å². The average Bonchev–Trinajstić information content (AvgIpc) is 3.49. The maximum atomic E-state index is 13.6. The van der Waals surface area contributed by atoms with Gasteiger partial charge in [-0.05, 0) is 56.0 Å². The van der Waals surface area contributed by atoms with Crippen LogP contribution >= 0.6 is 0 Å². The first-order chi connectivity index (χ1) is 20.3. The molecule has 3 aromatic rings. The molecular formula is C31H42N8O3. The predicted molar refractivity (Wildman–Crippen MR) is 164 cm³/mol. The molecule has 1 saturated heterocycles. The number of nitrogens with zero attached hydrogens (tertiary/aromatic N) is 3. The van der Waals surface area contributed by atoms with Crippen LogP contribution in [0.3, 0.4) is 0 Å². The zero-order valence-corrected chi connectivity index (χ0v) is 24.2. The molecule has 1 aromatic heterocycles. The van der Waals surface area contributed by atoms with Crippen molar-refractivity contribution in [2.24, 2.45) is 17.2 Å². The fourth-order valence-corrected chi connectivity index (χ4v) is 5.33. The van der Waals surface area contributed by atoms with Crippen LogP contribution < -0.4 is 27.8 Å². The zero-order valence-electron chi connectivity index (χ0n) is 24.2. The van der Waals surface area contributed by atoms with Gasteiger partial charge in [0.15, 0.2) is 0 Å². The van der Waals surface area contributed by atoms with Gasteiger partial charge in [-0.1, -0.05) is 35.9 Å². The largest absolute Gasteiger partial charge is 0.339 e. The number of nitrogens with one attached hydrogen (secondary N) is 2. The zero-order chi connectivity index (χ0) is 30.1. The van der Waals surface area contributed by atoms with E-state index in [-0.39, 0.29) is 17.7 Å². The summed E-state index contributed by atoms with van der Waals surface area (Å²) in [6, 6.07) is 14.2. The number of fused-ring (bicyclic) bond motifs is 1. The normalized spacial score (nSPS) is 16.4. The number of hydrogen-bond acceptors (Lipinski definition) is 8. The van der Waals surface area contributed by atoms with Crippen LogP contribution in [0.4, 0.5) is 5.69 Å². The molecule has 3 amide bonds. The highest BCUT2D eigenvalue weighted by Crippen LogP contribution is 2.23. The molecule has 42 heavy (non-hydrogen) atoms. The van der Waals surface area contributed by atoms with Crippen LogP contribution in [0.5, 0.6) is 0 Å². The van der Waals surface area contributed by atoms with E-state index in [1.54, 1.807) is 17.2 Å². The second kappa shape index (κ2) is 14.8. The van der Waals surface area contributed by atoms with E-state index in [0.717, 1.165) is 16.5 Å². The van der Waals surface area contributed by atoms with E-state index in [0.29, 0.717) is 69.8 Å². The number of aromatic nitrogens is 1. The summed E-state index contributed by atoms with van der Waals surface area (Å²) in [5.74, 6) is -1.04. The molecule has 4 rings (SSSR count). The van der Waals surface area contributed by atoms with Crippen molar-refractivity contribution in [3.05, 3.63) is 71.9 Å². The van der Waals surface area contributed by atoms with E-state index in [1.165, 1.54) is 0 Å². The Hall–Kier alpha value is -3.90. The fourth-order valence-electron chi connectivity index (χ4n) is 5.33. The SMILES string of the molecule is Cc1ccc(C(NC(=O)C2CCCN2C(=O)C(N)CCN(CCN)CCN)C(=O)Nc2ccc3ncccc3c2)cc1. The second-order valence-electron chi connectivity index (χ2n) is 10.8. The molecule has 0 aliphatic carbocycles. The highest BCUT2D eigenvalue weighted by Gasteiger charge is 2.38. The van der Waals surface area contributed by atoms with Gasteiger partial charge in [0.1, 0.15) is 12.1 Å². The van der Waals surface area contributed by atoms with Gasteiger partial charge in [-0.3, -0.25) is 19.4 Å². The Morgan fingerprint density at radius 1 is 1.05 bits per heavy atom. The topological polar surface area (TPSA) is 173 Å². The molecule has 8 N–H and O–H groups in total. The minimum atomic E-state index is -0.963. The van der Waals surface area contributed by atoms with Crippen molar-refractivity contribution in [3.8, 4) is 0 Å². The first-order valence-electron chi connectivity index (χ1n) is 14.5. The predicted octanol–water partition coefficient (Wildman–Crippen LogP) is 1.27. The van der Waals surface area contributed by atoms with Crippen molar-refractivity contribution >= 4 is 34.3 Å². The Morgan fingerprint density at radius 2 is 1.79 bits per heavy atom. The first-order valence-corrected chi connectivity index (χ1v) is 14.5. The minimum Gasteiger partial charge on any atom is -0.339 e. The lowest BCUT2D eigenvalue weighted by atomic mass is 10.0. The van der Waals surface area contributed by atoms with Gasteiger partial charge in [-0.25, -0.2) is 0 Å². The van der Waals surface area contributed by atoms with Crippen molar-refractivity contribution in [2.75, 3.05) is 44.6 Å². The van der Waals surface area contributed by atoms with Crippen LogP contribution in [0.2, 0.25) is 0 Å². The lowest BCUT2D eigenvalue weighted by Crippen LogP contribution is -2.53. The van der Waals surface area contributed by atoms with E-state index in [9.17, 15) is 14.4 Å². The summed E-state index contributed by atoms with van der Waals surface area (Å²) in [5, 5.41) is 6.75. The number of amides is 3. The molecule has 2 heterocycles. The van der Waals surface area contributed by atoms with Gasteiger partial charge < -0.3 is 37.6 Å². The summed E-state index contributed by atoms with van der Waals surface area (Å²) in [5.41, 5.74) is 20.8. The Balaban J connectivity index is 1.46. The number of rotatable bonds is 13. The molecule has 0 saturated carbocycles.